The first-order chi connectivity index (χ1) is 9.58. The van der Waals surface area contributed by atoms with E-state index in [4.69, 9.17) is 5.11 Å². The third kappa shape index (κ3) is 3.42. The highest BCUT2D eigenvalue weighted by Gasteiger charge is 2.14. The number of nitrogens with one attached hydrogen (secondary N) is 1. The van der Waals surface area contributed by atoms with Gasteiger partial charge in [-0.3, -0.25) is 4.79 Å². The molecule has 1 aromatic carbocycles. The average Bonchev–Trinajstić information content (AvgIpc) is 2.91. The van der Waals surface area contributed by atoms with Gasteiger partial charge in [-0.2, -0.15) is 0 Å². The van der Waals surface area contributed by atoms with Crippen molar-refractivity contribution in [3.8, 4) is 0 Å². The zero-order valence-corrected chi connectivity index (χ0v) is 11.7. The zero-order valence-electron chi connectivity index (χ0n) is 10.9. The van der Waals surface area contributed by atoms with Gasteiger partial charge in [0.2, 0.25) is 0 Å². The second-order valence-corrected chi connectivity index (χ2v) is 5.13. The Bertz CT molecular complexity index is 637. The van der Waals surface area contributed by atoms with Crippen molar-refractivity contribution in [2.24, 2.45) is 0 Å². The topological polar surface area (TPSA) is 79.3 Å². The lowest BCUT2D eigenvalue weighted by Crippen LogP contribution is -2.25. The first-order valence-electron chi connectivity index (χ1n) is 6.09. The van der Waals surface area contributed by atoms with Gasteiger partial charge < -0.3 is 10.4 Å². The molecular formula is C14H14N2O3S. The Hall–Kier alpha value is -2.21. The van der Waals surface area contributed by atoms with Crippen LogP contribution in [-0.4, -0.2) is 28.5 Å². The van der Waals surface area contributed by atoms with Crippen LogP contribution in [0, 0.1) is 6.92 Å². The quantitative estimate of drug-likeness (QED) is 0.884. The number of aromatic nitrogens is 1. The van der Waals surface area contributed by atoms with Gasteiger partial charge in [0.25, 0.3) is 5.91 Å². The van der Waals surface area contributed by atoms with E-state index in [1.807, 2.05) is 31.2 Å². The summed E-state index contributed by atoms with van der Waals surface area (Å²) < 4.78 is 0. The molecule has 0 unspecified atom stereocenters. The Kier molecular flexibility index (Phi) is 4.47. The Morgan fingerprint density at radius 1 is 1.35 bits per heavy atom. The number of carboxylic acid groups (broad SMARTS) is 1. The first-order valence-corrected chi connectivity index (χ1v) is 6.97. The molecule has 2 aromatic rings. The van der Waals surface area contributed by atoms with Crippen LogP contribution in [0.15, 0.2) is 29.6 Å². The SMILES string of the molecule is Cc1ccccc1CCNC(=O)c1nc(C(=O)O)cs1. The van der Waals surface area contributed by atoms with E-state index >= 15 is 0 Å². The minimum Gasteiger partial charge on any atom is -0.476 e. The highest BCUT2D eigenvalue weighted by Crippen LogP contribution is 2.10. The van der Waals surface area contributed by atoms with Crippen LogP contribution in [-0.2, 0) is 6.42 Å². The van der Waals surface area contributed by atoms with Gasteiger partial charge in [-0.1, -0.05) is 24.3 Å². The predicted molar refractivity (Wildman–Crippen MR) is 76.3 cm³/mol. The van der Waals surface area contributed by atoms with Crippen molar-refractivity contribution in [3.63, 3.8) is 0 Å². The number of amides is 1. The normalized spacial score (nSPS) is 10.2. The van der Waals surface area contributed by atoms with Gasteiger partial charge >= 0.3 is 5.97 Å². The molecule has 2 rings (SSSR count). The average molecular weight is 290 g/mol. The second-order valence-electron chi connectivity index (χ2n) is 4.28. The fourth-order valence-electron chi connectivity index (χ4n) is 1.75. The molecule has 0 saturated carbocycles. The number of carbonyl (C=O) groups excluding carboxylic acids is 1. The molecule has 1 amide bonds. The number of aromatic carboxylic acids is 1. The molecule has 5 nitrogen and oxygen atoms in total. The Balaban J connectivity index is 1.89. The number of nitrogens with zero attached hydrogens (tertiary/aromatic N) is 1. The maximum absolute atomic E-state index is 11.8. The van der Waals surface area contributed by atoms with Gasteiger partial charge in [0.15, 0.2) is 10.7 Å². The van der Waals surface area contributed by atoms with Crippen LogP contribution in [0.5, 0.6) is 0 Å². The molecule has 0 aliphatic heterocycles. The number of aryl methyl sites for hydroxylation is 1. The van der Waals surface area contributed by atoms with Crippen molar-refractivity contribution in [2.45, 2.75) is 13.3 Å². The molecule has 1 heterocycles. The fraction of sp³-hybridized carbons (Fsp3) is 0.214. The number of hydrogen-bond donors (Lipinski definition) is 2. The predicted octanol–water partition coefficient (Wildman–Crippen LogP) is 2.12. The summed E-state index contributed by atoms with van der Waals surface area (Å²) in [6.45, 7) is 2.52. The summed E-state index contributed by atoms with van der Waals surface area (Å²) in [6.07, 6.45) is 0.732. The molecule has 0 atom stereocenters. The zero-order chi connectivity index (χ0) is 14.5. The van der Waals surface area contributed by atoms with Gasteiger partial charge in [-0.05, 0) is 24.5 Å². The Morgan fingerprint density at radius 2 is 2.10 bits per heavy atom. The summed E-state index contributed by atoms with van der Waals surface area (Å²) >= 11 is 1.03. The molecule has 1 aromatic heterocycles. The molecule has 0 spiro atoms. The molecule has 104 valence electrons. The van der Waals surface area contributed by atoms with E-state index in [2.05, 4.69) is 10.3 Å². The summed E-state index contributed by atoms with van der Waals surface area (Å²) in [4.78, 5) is 26.2. The number of carbonyl (C=O) groups is 2. The van der Waals surface area contributed by atoms with Crippen LogP contribution < -0.4 is 5.32 Å². The van der Waals surface area contributed by atoms with Gasteiger partial charge in [0.05, 0.1) is 0 Å². The summed E-state index contributed by atoms with van der Waals surface area (Å²) in [7, 11) is 0. The number of hydrogen-bond acceptors (Lipinski definition) is 4. The maximum atomic E-state index is 11.8. The summed E-state index contributed by atoms with van der Waals surface area (Å²) in [6, 6.07) is 7.98. The van der Waals surface area contributed by atoms with E-state index in [-0.39, 0.29) is 16.6 Å². The number of rotatable bonds is 5. The minimum absolute atomic E-state index is 0.0981. The van der Waals surface area contributed by atoms with E-state index in [9.17, 15) is 9.59 Å². The Labute approximate surface area is 120 Å². The molecule has 0 saturated heterocycles. The summed E-state index contributed by atoms with van der Waals surface area (Å²) in [5, 5.41) is 13.0. The maximum Gasteiger partial charge on any atom is 0.355 e. The standard InChI is InChI=1S/C14H14N2O3S/c1-9-4-2-3-5-10(9)6-7-15-12(17)13-16-11(8-20-13)14(18)19/h2-5,8H,6-7H2,1H3,(H,15,17)(H,18,19). The highest BCUT2D eigenvalue weighted by molar-refractivity contribution is 7.11. The van der Waals surface area contributed by atoms with Crippen molar-refractivity contribution in [3.05, 3.63) is 51.5 Å². The van der Waals surface area contributed by atoms with Gasteiger partial charge in [-0.25, -0.2) is 9.78 Å². The third-order valence-electron chi connectivity index (χ3n) is 2.86. The van der Waals surface area contributed by atoms with Crippen LogP contribution in [0.1, 0.15) is 31.4 Å². The van der Waals surface area contributed by atoms with Crippen LogP contribution in [0.3, 0.4) is 0 Å². The fourth-order valence-corrected chi connectivity index (χ4v) is 2.46. The van der Waals surface area contributed by atoms with E-state index < -0.39 is 5.97 Å². The van der Waals surface area contributed by atoms with Crippen molar-refractivity contribution in [2.75, 3.05) is 6.54 Å². The van der Waals surface area contributed by atoms with E-state index in [1.165, 1.54) is 16.5 Å². The van der Waals surface area contributed by atoms with Gasteiger partial charge in [0, 0.05) is 11.9 Å². The molecule has 0 radical (unpaired) electrons. The van der Waals surface area contributed by atoms with Crippen LogP contribution >= 0.6 is 11.3 Å². The summed E-state index contributed by atoms with van der Waals surface area (Å²) in [5.41, 5.74) is 2.27. The van der Waals surface area contributed by atoms with Crippen LogP contribution in [0.4, 0.5) is 0 Å². The molecule has 0 bridgehead atoms. The highest BCUT2D eigenvalue weighted by atomic mass is 32.1. The molecular weight excluding hydrogens is 276 g/mol. The molecule has 0 aliphatic carbocycles. The summed E-state index contributed by atoms with van der Waals surface area (Å²) in [5.74, 6) is -1.46. The lowest BCUT2D eigenvalue weighted by atomic mass is 10.1. The first kappa shape index (κ1) is 14.2. The van der Waals surface area contributed by atoms with E-state index in [1.54, 1.807) is 0 Å². The van der Waals surface area contributed by atoms with E-state index in [0.29, 0.717) is 6.54 Å². The molecule has 6 heteroatoms. The number of thiazole rings is 1. The van der Waals surface area contributed by atoms with E-state index in [0.717, 1.165) is 17.8 Å². The van der Waals surface area contributed by atoms with Crippen molar-refractivity contribution in [1.29, 1.82) is 0 Å². The minimum atomic E-state index is -1.12. The molecule has 20 heavy (non-hydrogen) atoms. The largest absolute Gasteiger partial charge is 0.476 e. The lowest BCUT2D eigenvalue weighted by Gasteiger charge is -2.06. The number of carboxylic acids is 1. The lowest BCUT2D eigenvalue weighted by molar-refractivity contribution is 0.0691. The smallest absolute Gasteiger partial charge is 0.355 e. The van der Waals surface area contributed by atoms with Crippen LogP contribution in [0.2, 0.25) is 0 Å². The second kappa shape index (κ2) is 6.29. The van der Waals surface area contributed by atoms with Gasteiger partial charge in [0.1, 0.15) is 0 Å². The molecule has 0 aliphatic rings. The molecule has 2 N–H and O–H groups in total. The number of benzene rings is 1. The van der Waals surface area contributed by atoms with Crippen molar-refractivity contribution < 1.29 is 14.7 Å². The van der Waals surface area contributed by atoms with Gasteiger partial charge in [-0.15, -0.1) is 11.3 Å². The monoisotopic (exact) mass is 290 g/mol. The third-order valence-corrected chi connectivity index (χ3v) is 3.70. The van der Waals surface area contributed by atoms with Crippen LogP contribution in [0.25, 0.3) is 0 Å². The molecule has 0 fully saturated rings. The van der Waals surface area contributed by atoms with Crippen molar-refractivity contribution in [1.82, 2.24) is 10.3 Å². The van der Waals surface area contributed by atoms with Crippen molar-refractivity contribution >= 4 is 23.2 Å². The Morgan fingerprint density at radius 3 is 2.75 bits per heavy atom.